The van der Waals surface area contributed by atoms with E-state index >= 15 is 0 Å². The molecule has 0 atom stereocenters. The summed E-state index contributed by atoms with van der Waals surface area (Å²) in [6, 6.07) is 2.02. The SMILES string of the molecule is Cc1nc(NCCn2cc(C(=O)N3CCSCC3)nn2)c2ccsc2n1. The van der Waals surface area contributed by atoms with Crippen LogP contribution in [0.15, 0.2) is 17.6 Å². The Balaban J connectivity index is 1.37. The zero-order valence-electron chi connectivity index (χ0n) is 14.4. The number of aromatic nitrogens is 5. The normalized spacial score (nSPS) is 14.7. The Morgan fingerprint density at radius 2 is 2.15 bits per heavy atom. The molecule has 26 heavy (non-hydrogen) atoms. The second-order valence-corrected chi connectivity index (χ2v) is 8.08. The third-order valence-electron chi connectivity index (χ3n) is 4.13. The summed E-state index contributed by atoms with van der Waals surface area (Å²) < 4.78 is 1.69. The second kappa shape index (κ2) is 7.58. The summed E-state index contributed by atoms with van der Waals surface area (Å²) in [5, 5.41) is 14.5. The van der Waals surface area contributed by atoms with E-state index in [4.69, 9.17) is 0 Å². The van der Waals surface area contributed by atoms with E-state index in [0.717, 1.165) is 46.5 Å². The van der Waals surface area contributed by atoms with Crippen LogP contribution in [0.5, 0.6) is 0 Å². The van der Waals surface area contributed by atoms with Crippen LogP contribution in [0.25, 0.3) is 10.2 Å². The zero-order valence-corrected chi connectivity index (χ0v) is 16.0. The Morgan fingerprint density at radius 1 is 1.31 bits per heavy atom. The summed E-state index contributed by atoms with van der Waals surface area (Å²) in [6.07, 6.45) is 1.72. The number of carbonyl (C=O) groups is 1. The van der Waals surface area contributed by atoms with Gasteiger partial charge in [0.25, 0.3) is 5.91 Å². The summed E-state index contributed by atoms with van der Waals surface area (Å²) in [5.41, 5.74) is 0.412. The molecule has 1 aliphatic heterocycles. The van der Waals surface area contributed by atoms with Gasteiger partial charge >= 0.3 is 0 Å². The van der Waals surface area contributed by atoms with Crippen molar-refractivity contribution in [1.82, 2.24) is 29.9 Å². The third kappa shape index (κ3) is 3.65. The monoisotopic (exact) mass is 389 g/mol. The number of amides is 1. The lowest BCUT2D eigenvalue weighted by molar-refractivity contribution is 0.0766. The molecule has 3 aromatic heterocycles. The first kappa shape index (κ1) is 17.2. The Hall–Kier alpha value is -2.20. The van der Waals surface area contributed by atoms with Crippen LogP contribution in [-0.4, -0.2) is 66.9 Å². The molecule has 1 amide bonds. The van der Waals surface area contributed by atoms with Crippen molar-refractivity contribution in [1.29, 1.82) is 0 Å². The van der Waals surface area contributed by atoms with Gasteiger partial charge in [-0.25, -0.2) is 14.6 Å². The van der Waals surface area contributed by atoms with Crippen molar-refractivity contribution in [2.45, 2.75) is 13.5 Å². The molecule has 8 nitrogen and oxygen atoms in total. The molecule has 10 heteroatoms. The molecule has 1 aliphatic rings. The average molecular weight is 390 g/mol. The van der Waals surface area contributed by atoms with Crippen molar-refractivity contribution in [3.8, 4) is 0 Å². The minimum Gasteiger partial charge on any atom is -0.368 e. The molecule has 4 rings (SSSR count). The second-order valence-electron chi connectivity index (χ2n) is 5.96. The van der Waals surface area contributed by atoms with Crippen molar-refractivity contribution < 1.29 is 4.79 Å². The van der Waals surface area contributed by atoms with Crippen LogP contribution in [0.1, 0.15) is 16.3 Å². The number of rotatable bonds is 5. The molecule has 0 aromatic carbocycles. The molecule has 1 N–H and O–H groups in total. The van der Waals surface area contributed by atoms with Crippen LogP contribution in [0.2, 0.25) is 0 Å². The smallest absolute Gasteiger partial charge is 0.276 e. The average Bonchev–Trinajstić information content (AvgIpc) is 3.31. The molecular weight excluding hydrogens is 370 g/mol. The fourth-order valence-corrected chi connectivity index (χ4v) is 4.53. The molecule has 136 valence electrons. The van der Waals surface area contributed by atoms with Crippen molar-refractivity contribution in [3.05, 3.63) is 29.2 Å². The fraction of sp³-hybridized carbons (Fsp3) is 0.438. The number of hydrogen-bond acceptors (Lipinski definition) is 8. The molecule has 0 bridgehead atoms. The van der Waals surface area contributed by atoms with Gasteiger partial charge < -0.3 is 10.2 Å². The van der Waals surface area contributed by atoms with E-state index in [1.807, 2.05) is 35.0 Å². The molecule has 0 aliphatic carbocycles. The quantitative estimate of drug-likeness (QED) is 0.713. The van der Waals surface area contributed by atoms with Gasteiger partial charge in [-0.1, -0.05) is 5.21 Å². The topological polar surface area (TPSA) is 88.8 Å². The predicted molar refractivity (Wildman–Crippen MR) is 104 cm³/mol. The van der Waals surface area contributed by atoms with E-state index in [0.29, 0.717) is 18.8 Å². The van der Waals surface area contributed by atoms with Gasteiger partial charge in [0.15, 0.2) is 5.69 Å². The number of hydrogen-bond donors (Lipinski definition) is 1. The van der Waals surface area contributed by atoms with E-state index in [-0.39, 0.29) is 5.91 Å². The Morgan fingerprint density at radius 3 is 3.00 bits per heavy atom. The van der Waals surface area contributed by atoms with Crippen LogP contribution >= 0.6 is 23.1 Å². The number of nitrogens with zero attached hydrogens (tertiary/aromatic N) is 6. The summed E-state index contributed by atoms with van der Waals surface area (Å²) in [7, 11) is 0. The van der Waals surface area contributed by atoms with E-state index in [1.165, 1.54) is 0 Å². The number of thioether (sulfide) groups is 1. The maximum Gasteiger partial charge on any atom is 0.276 e. The number of thiophene rings is 1. The van der Waals surface area contributed by atoms with Gasteiger partial charge in [-0.2, -0.15) is 11.8 Å². The lowest BCUT2D eigenvalue weighted by atomic mass is 10.3. The van der Waals surface area contributed by atoms with Crippen LogP contribution in [-0.2, 0) is 6.54 Å². The van der Waals surface area contributed by atoms with Gasteiger partial charge in [-0.05, 0) is 18.4 Å². The van der Waals surface area contributed by atoms with Crippen molar-refractivity contribution in [3.63, 3.8) is 0 Å². The summed E-state index contributed by atoms with van der Waals surface area (Å²) in [4.78, 5) is 24.2. The standard InChI is InChI=1S/C16H19N7OS2/c1-11-18-14(12-2-7-26-15(12)19-11)17-3-4-23-10-13(20-21-23)16(24)22-5-8-25-9-6-22/h2,7,10H,3-6,8-9H2,1H3,(H,17,18,19). The maximum atomic E-state index is 12.4. The number of carbonyl (C=O) groups excluding carboxylic acids is 1. The molecule has 0 spiro atoms. The Labute approximate surface area is 159 Å². The minimum absolute atomic E-state index is 0.0316. The Kier molecular flexibility index (Phi) is 5.02. The van der Waals surface area contributed by atoms with Gasteiger partial charge in [-0.3, -0.25) is 4.79 Å². The van der Waals surface area contributed by atoms with E-state index < -0.39 is 0 Å². The van der Waals surface area contributed by atoms with Crippen LogP contribution in [0, 0.1) is 6.92 Å². The first-order valence-electron chi connectivity index (χ1n) is 8.43. The molecule has 4 heterocycles. The molecule has 1 fully saturated rings. The van der Waals surface area contributed by atoms with Crippen molar-refractivity contribution in [2.24, 2.45) is 0 Å². The zero-order chi connectivity index (χ0) is 17.9. The van der Waals surface area contributed by atoms with Crippen LogP contribution < -0.4 is 5.32 Å². The fourth-order valence-electron chi connectivity index (χ4n) is 2.82. The lowest BCUT2D eigenvalue weighted by Crippen LogP contribution is -2.38. The molecule has 1 saturated heterocycles. The van der Waals surface area contributed by atoms with E-state index in [9.17, 15) is 4.79 Å². The van der Waals surface area contributed by atoms with Crippen LogP contribution in [0.3, 0.4) is 0 Å². The predicted octanol–water partition coefficient (Wildman–Crippen LogP) is 1.89. The van der Waals surface area contributed by atoms with Gasteiger partial charge in [0.2, 0.25) is 0 Å². The molecular formula is C16H19N7OS2. The molecule has 0 unspecified atom stereocenters. The number of anilines is 1. The highest BCUT2D eigenvalue weighted by Gasteiger charge is 2.21. The van der Waals surface area contributed by atoms with Gasteiger partial charge in [0.1, 0.15) is 16.5 Å². The van der Waals surface area contributed by atoms with E-state index in [1.54, 1.807) is 22.2 Å². The molecule has 0 saturated carbocycles. The summed E-state index contributed by atoms with van der Waals surface area (Å²) >= 11 is 3.48. The van der Waals surface area contributed by atoms with Crippen LogP contribution in [0.4, 0.5) is 5.82 Å². The first-order chi connectivity index (χ1) is 12.7. The lowest BCUT2D eigenvalue weighted by Gasteiger charge is -2.25. The summed E-state index contributed by atoms with van der Waals surface area (Å²) in [6.45, 7) is 4.69. The van der Waals surface area contributed by atoms with Gasteiger partial charge in [0, 0.05) is 31.1 Å². The maximum absolute atomic E-state index is 12.4. The highest BCUT2D eigenvalue weighted by molar-refractivity contribution is 7.99. The number of aryl methyl sites for hydroxylation is 1. The first-order valence-corrected chi connectivity index (χ1v) is 10.5. The van der Waals surface area contributed by atoms with Gasteiger partial charge in [0.05, 0.1) is 18.1 Å². The van der Waals surface area contributed by atoms with Gasteiger partial charge in [-0.15, -0.1) is 16.4 Å². The van der Waals surface area contributed by atoms with E-state index in [2.05, 4.69) is 25.6 Å². The summed E-state index contributed by atoms with van der Waals surface area (Å²) in [5.74, 6) is 3.51. The Bertz CT molecular complexity index is 916. The van der Waals surface area contributed by atoms with Crippen molar-refractivity contribution in [2.75, 3.05) is 36.5 Å². The van der Waals surface area contributed by atoms with Crippen molar-refractivity contribution >= 4 is 45.0 Å². The minimum atomic E-state index is -0.0316. The number of fused-ring (bicyclic) bond motifs is 1. The molecule has 0 radical (unpaired) electrons. The largest absolute Gasteiger partial charge is 0.368 e. The third-order valence-corrected chi connectivity index (χ3v) is 5.88. The highest BCUT2D eigenvalue weighted by atomic mass is 32.2. The molecule has 3 aromatic rings. The number of nitrogens with one attached hydrogen (secondary N) is 1. The highest BCUT2D eigenvalue weighted by Crippen LogP contribution is 2.24.